The summed E-state index contributed by atoms with van der Waals surface area (Å²) in [6, 6.07) is 5.45. The molecule has 0 bridgehead atoms. The number of alkyl halides is 5. The molecule has 10 heteroatoms. The van der Waals surface area contributed by atoms with Crippen molar-refractivity contribution in [1.29, 1.82) is 0 Å². The van der Waals surface area contributed by atoms with Crippen molar-refractivity contribution in [3.05, 3.63) is 50.9 Å². The van der Waals surface area contributed by atoms with Gasteiger partial charge in [0.1, 0.15) is 11.3 Å². The van der Waals surface area contributed by atoms with Crippen LogP contribution in [0.15, 0.2) is 46.8 Å². The molecule has 144 valence electrons. The smallest absolute Gasteiger partial charge is 0.417 e. The molecule has 4 nitrogen and oxygen atoms in total. The van der Waals surface area contributed by atoms with Crippen molar-refractivity contribution in [3.8, 4) is 5.75 Å². The van der Waals surface area contributed by atoms with Gasteiger partial charge in [0.2, 0.25) is 0 Å². The topological polar surface area (TPSA) is 34.1 Å². The molecule has 0 saturated carbocycles. The first-order valence-corrected chi connectivity index (χ1v) is 9.02. The number of para-hydroxylation sites is 1. The highest BCUT2D eigenvalue weighted by Gasteiger charge is 2.48. The van der Waals surface area contributed by atoms with Crippen LogP contribution in [0, 0.1) is 3.57 Å². The summed E-state index contributed by atoms with van der Waals surface area (Å²) in [6.45, 7) is -2.85. The number of rotatable bonds is 2. The van der Waals surface area contributed by atoms with E-state index in [0.29, 0.717) is 24.9 Å². The number of aliphatic imine (C=N–C) groups is 1. The summed E-state index contributed by atoms with van der Waals surface area (Å²) in [5.74, 6) is -0.000685. The summed E-state index contributed by atoms with van der Waals surface area (Å²) in [4.78, 5) is 5.79. The van der Waals surface area contributed by atoms with Crippen LogP contribution in [0.25, 0.3) is 0 Å². The van der Waals surface area contributed by atoms with Crippen LogP contribution in [-0.2, 0) is 10.3 Å². The number of ether oxygens (including phenoxy) is 2. The van der Waals surface area contributed by atoms with Crippen molar-refractivity contribution in [2.24, 2.45) is 4.99 Å². The third kappa shape index (κ3) is 3.17. The van der Waals surface area contributed by atoms with Crippen LogP contribution in [0.1, 0.15) is 12.0 Å². The highest BCUT2D eigenvalue weighted by molar-refractivity contribution is 14.1. The molecule has 0 aromatic heterocycles. The van der Waals surface area contributed by atoms with E-state index in [4.69, 9.17) is 4.74 Å². The molecular weight excluding hydrogens is 486 g/mol. The Balaban J connectivity index is 1.82. The lowest BCUT2D eigenvalue weighted by atomic mass is 9.85. The van der Waals surface area contributed by atoms with Gasteiger partial charge in [0.05, 0.1) is 22.3 Å². The molecule has 0 radical (unpaired) electrons. The second-order valence-corrected chi connectivity index (χ2v) is 7.44. The Labute approximate surface area is 164 Å². The molecule has 3 heterocycles. The van der Waals surface area contributed by atoms with Gasteiger partial charge in [-0.1, -0.05) is 12.1 Å². The quantitative estimate of drug-likeness (QED) is 0.443. The Hall–Kier alpha value is -1.85. The van der Waals surface area contributed by atoms with E-state index in [1.165, 1.54) is 4.90 Å². The molecule has 0 amide bonds. The van der Waals surface area contributed by atoms with E-state index >= 15 is 0 Å². The summed E-state index contributed by atoms with van der Waals surface area (Å²) in [5, 5.41) is 0. The van der Waals surface area contributed by atoms with Crippen LogP contribution < -0.4 is 4.74 Å². The van der Waals surface area contributed by atoms with Gasteiger partial charge in [0, 0.05) is 18.2 Å². The Bertz CT molecular complexity index is 881. The molecular formula is C17H12F5IN2O2. The lowest BCUT2D eigenvalue weighted by Crippen LogP contribution is -2.37. The van der Waals surface area contributed by atoms with Gasteiger partial charge in [-0.3, -0.25) is 4.99 Å². The largest absolute Gasteiger partial charge is 0.492 e. The number of amidine groups is 1. The molecule has 0 fully saturated rings. The van der Waals surface area contributed by atoms with Crippen LogP contribution >= 0.6 is 22.6 Å². The van der Waals surface area contributed by atoms with E-state index in [-0.39, 0.29) is 12.4 Å². The summed E-state index contributed by atoms with van der Waals surface area (Å²) in [5.41, 5.74) is -1.23. The Morgan fingerprint density at radius 3 is 2.78 bits per heavy atom. The van der Waals surface area contributed by atoms with Crippen molar-refractivity contribution < 1.29 is 31.4 Å². The first kappa shape index (κ1) is 18.5. The normalized spacial score (nSPS) is 24.1. The van der Waals surface area contributed by atoms with Crippen molar-refractivity contribution in [3.63, 3.8) is 0 Å². The second kappa shape index (κ2) is 6.35. The maximum absolute atomic E-state index is 13.2. The first-order valence-electron chi connectivity index (χ1n) is 7.94. The molecule has 0 N–H and O–H groups in total. The fourth-order valence-corrected chi connectivity index (χ4v) is 4.12. The predicted octanol–water partition coefficient (Wildman–Crippen LogP) is 4.57. The molecule has 4 rings (SSSR count). The van der Waals surface area contributed by atoms with Crippen LogP contribution in [0.3, 0.4) is 0 Å². The highest BCUT2D eigenvalue weighted by atomic mass is 127. The van der Waals surface area contributed by atoms with Crippen molar-refractivity contribution in [1.82, 2.24) is 4.90 Å². The van der Waals surface area contributed by atoms with E-state index < -0.39 is 29.7 Å². The number of fused-ring (bicyclic) bond motifs is 3. The third-order valence-corrected chi connectivity index (χ3v) is 5.45. The minimum absolute atomic E-state index is 0.0324. The number of hydrogen-bond donors (Lipinski definition) is 0. The maximum Gasteiger partial charge on any atom is 0.417 e. The zero-order chi connectivity index (χ0) is 19.4. The lowest BCUT2D eigenvalue weighted by Gasteiger charge is -2.34. The van der Waals surface area contributed by atoms with E-state index in [2.05, 4.69) is 32.3 Å². The van der Waals surface area contributed by atoms with Crippen molar-refractivity contribution in [2.75, 3.05) is 13.2 Å². The number of allylic oxidation sites excluding steroid dienone is 2. The SMILES string of the molecule is FC(F)OC1=CC(C(F)(F)F)=CN2C[C@@]3(CCOc4c(I)cccc43)N=C12. The summed E-state index contributed by atoms with van der Waals surface area (Å²) in [7, 11) is 0. The predicted molar refractivity (Wildman–Crippen MR) is 94.4 cm³/mol. The van der Waals surface area contributed by atoms with Gasteiger partial charge in [-0.05, 0) is 34.7 Å². The lowest BCUT2D eigenvalue weighted by molar-refractivity contribution is -0.0981. The number of nitrogens with zero attached hydrogens (tertiary/aromatic N) is 2. The first-order chi connectivity index (χ1) is 12.7. The summed E-state index contributed by atoms with van der Waals surface area (Å²) in [6.07, 6.45) is -2.83. The molecule has 1 aromatic carbocycles. The molecule has 27 heavy (non-hydrogen) atoms. The fourth-order valence-electron chi connectivity index (χ4n) is 3.47. The van der Waals surface area contributed by atoms with Gasteiger partial charge in [-0.25, -0.2) is 0 Å². The molecule has 0 aliphatic carbocycles. The molecule has 1 aromatic rings. The van der Waals surface area contributed by atoms with E-state index in [1.807, 2.05) is 6.07 Å². The Morgan fingerprint density at radius 2 is 2.07 bits per heavy atom. The third-order valence-electron chi connectivity index (χ3n) is 4.60. The van der Waals surface area contributed by atoms with Gasteiger partial charge in [0.25, 0.3) is 0 Å². The monoisotopic (exact) mass is 498 g/mol. The Kier molecular flexibility index (Phi) is 4.35. The summed E-state index contributed by atoms with van der Waals surface area (Å²) >= 11 is 2.11. The van der Waals surface area contributed by atoms with Gasteiger partial charge in [-0.2, -0.15) is 22.0 Å². The molecule has 3 aliphatic rings. The highest BCUT2D eigenvalue weighted by Crippen LogP contribution is 2.47. The average molecular weight is 498 g/mol. The fraction of sp³-hybridized carbons (Fsp3) is 0.353. The molecule has 0 unspecified atom stereocenters. The van der Waals surface area contributed by atoms with E-state index in [0.717, 1.165) is 15.3 Å². The van der Waals surface area contributed by atoms with Gasteiger partial charge in [0.15, 0.2) is 11.6 Å². The van der Waals surface area contributed by atoms with E-state index in [1.54, 1.807) is 12.1 Å². The minimum atomic E-state index is -4.69. The maximum atomic E-state index is 13.2. The Morgan fingerprint density at radius 1 is 1.30 bits per heavy atom. The molecule has 0 saturated heterocycles. The standard InChI is InChI=1S/C17H12F5IN2O2/c18-15(19)27-12-6-9(17(20,21)22)7-25-8-16(24-14(12)25)4-5-26-13-10(16)2-1-3-11(13)23/h1-3,6-7,15H,4-5,8H2/t16-/m1/s1. The van der Waals surface area contributed by atoms with Crippen LogP contribution in [-0.4, -0.2) is 36.7 Å². The van der Waals surface area contributed by atoms with Crippen LogP contribution in [0.5, 0.6) is 5.75 Å². The van der Waals surface area contributed by atoms with Gasteiger partial charge >= 0.3 is 12.8 Å². The zero-order valence-corrected chi connectivity index (χ0v) is 15.7. The second-order valence-electron chi connectivity index (χ2n) is 6.28. The van der Waals surface area contributed by atoms with Crippen LogP contribution in [0.4, 0.5) is 22.0 Å². The van der Waals surface area contributed by atoms with Gasteiger partial charge in [-0.15, -0.1) is 0 Å². The van der Waals surface area contributed by atoms with Crippen molar-refractivity contribution >= 4 is 28.4 Å². The average Bonchev–Trinajstić information content (AvgIpc) is 2.94. The number of halogens is 6. The number of hydrogen-bond acceptors (Lipinski definition) is 4. The molecule has 1 spiro atoms. The van der Waals surface area contributed by atoms with Gasteiger partial charge < -0.3 is 14.4 Å². The summed E-state index contributed by atoms with van der Waals surface area (Å²) < 4.78 is 76.0. The zero-order valence-electron chi connectivity index (χ0n) is 13.6. The number of benzene rings is 1. The molecule has 3 aliphatic heterocycles. The minimum Gasteiger partial charge on any atom is -0.492 e. The van der Waals surface area contributed by atoms with E-state index in [9.17, 15) is 22.0 Å². The molecule has 1 atom stereocenters. The van der Waals surface area contributed by atoms with Crippen molar-refractivity contribution in [2.45, 2.75) is 24.7 Å². The van der Waals surface area contributed by atoms with Crippen LogP contribution in [0.2, 0.25) is 0 Å².